The number of ether oxygens (including phenoxy) is 1. The summed E-state index contributed by atoms with van der Waals surface area (Å²) in [4.78, 5) is 11.7. The summed E-state index contributed by atoms with van der Waals surface area (Å²) in [6.07, 6.45) is 0. The minimum atomic E-state index is -3.82. The zero-order valence-corrected chi connectivity index (χ0v) is 14.1. The Kier molecular flexibility index (Phi) is 6.02. The van der Waals surface area contributed by atoms with E-state index >= 15 is 0 Å². The van der Waals surface area contributed by atoms with Crippen LogP contribution in [0.25, 0.3) is 0 Å². The third-order valence-electron chi connectivity index (χ3n) is 2.87. The first kappa shape index (κ1) is 18.1. The summed E-state index contributed by atoms with van der Waals surface area (Å²) in [7, 11) is -3.82. The van der Waals surface area contributed by atoms with Gasteiger partial charge in [-0.2, -0.15) is 0 Å². The van der Waals surface area contributed by atoms with Crippen LogP contribution in [-0.4, -0.2) is 27.6 Å². The number of benzene rings is 2. The Morgan fingerprint density at radius 2 is 1.92 bits per heavy atom. The van der Waals surface area contributed by atoms with Gasteiger partial charge in [0.15, 0.2) is 0 Å². The summed E-state index contributed by atoms with van der Waals surface area (Å²) in [6.45, 7) is 0.512. The summed E-state index contributed by atoms with van der Waals surface area (Å²) in [6, 6.07) is 12.1. The lowest BCUT2D eigenvalue weighted by Gasteiger charge is -2.10. The highest BCUT2D eigenvalue weighted by molar-refractivity contribution is 7.89. The monoisotopic (exact) mass is 369 g/mol. The Balaban J connectivity index is 1.79. The quantitative estimate of drug-likeness (QED) is 0.677. The SMILES string of the molecule is NS(=O)(=O)c1cccc(NC(=O)NCCOc2cccc(Cl)c2)c1. The van der Waals surface area contributed by atoms with E-state index in [1.165, 1.54) is 18.2 Å². The topological polar surface area (TPSA) is 111 Å². The smallest absolute Gasteiger partial charge is 0.319 e. The van der Waals surface area contributed by atoms with Crippen molar-refractivity contribution >= 4 is 33.3 Å². The minimum absolute atomic E-state index is 0.0791. The van der Waals surface area contributed by atoms with E-state index in [-0.39, 0.29) is 18.0 Å². The maximum Gasteiger partial charge on any atom is 0.319 e. The number of anilines is 1. The first-order valence-corrected chi connectivity index (χ1v) is 8.83. The fraction of sp³-hybridized carbons (Fsp3) is 0.133. The van der Waals surface area contributed by atoms with E-state index in [9.17, 15) is 13.2 Å². The third kappa shape index (κ3) is 5.73. The van der Waals surface area contributed by atoms with Crippen LogP contribution in [0.3, 0.4) is 0 Å². The lowest BCUT2D eigenvalue weighted by molar-refractivity contribution is 0.247. The zero-order chi connectivity index (χ0) is 17.6. The van der Waals surface area contributed by atoms with Crippen molar-refractivity contribution in [2.45, 2.75) is 4.90 Å². The number of rotatable bonds is 6. The molecule has 128 valence electrons. The molecule has 0 aliphatic carbocycles. The van der Waals surface area contributed by atoms with Gasteiger partial charge in [-0.05, 0) is 36.4 Å². The van der Waals surface area contributed by atoms with E-state index in [1.54, 1.807) is 30.3 Å². The third-order valence-corrected chi connectivity index (χ3v) is 4.02. The van der Waals surface area contributed by atoms with Crippen molar-refractivity contribution in [1.82, 2.24) is 5.32 Å². The normalized spacial score (nSPS) is 10.9. The number of sulfonamides is 1. The van der Waals surface area contributed by atoms with Crippen LogP contribution < -0.4 is 20.5 Å². The van der Waals surface area contributed by atoms with Gasteiger partial charge in [0.25, 0.3) is 0 Å². The lowest BCUT2D eigenvalue weighted by atomic mass is 10.3. The molecule has 0 bridgehead atoms. The summed E-state index contributed by atoms with van der Waals surface area (Å²) >= 11 is 5.83. The zero-order valence-electron chi connectivity index (χ0n) is 12.5. The number of primary sulfonamides is 1. The minimum Gasteiger partial charge on any atom is -0.492 e. The summed E-state index contributed by atoms with van der Waals surface area (Å²) in [5.74, 6) is 0.602. The molecule has 0 radical (unpaired) electrons. The Morgan fingerprint density at radius 1 is 1.17 bits per heavy atom. The van der Waals surface area contributed by atoms with Gasteiger partial charge in [0, 0.05) is 10.7 Å². The molecular weight excluding hydrogens is 354 g/mol. The first-order chi connectivity index (χ1) is 11.3. The van der Waals surface area contributed by atoms with Crippen LogP contribution in [-0.2, 0) is 10.0 Å². The molecule has 0 aliphatic heterocycles. The van der Waals surface area contributed by atoms with Gasteiger partial charge in [-0.25, -0.2) is 18.4 Å². The molecule has 2 rings (SSSR count). The molecule has 0 atom stereocenters. The Hall–Kier alpha value is -2.29. The predicted molar refractivity (Wildman–Crippen MR) is 91.8 cm³/mol. The van der Waals surface area contributed by atoms with Gasteiger partial charge in [-0.1, -0.05) is 23.7 Å². The molecule has 0 spiro atoms. The largest absolute Gasteiger partial charge is 0.492 e. The fourth-order valence-electron chi connectivity index (χ4n) is 1.82. The van der Waals surface area contributed by atoms with Gasteiger partial charge >= 0.3 is 6.03 Å². The second-order valence-corrected chi connectivity index (χ2v) is 6.76. The number of hydrogen-bond acceptors (Lipinski definition) is 4. The van der Waals surface area contributed by atoms with Crippen molar-refractivity contribution in [1.29, 1.82) is 0 Å². The van der Waals surface area contributed by atoms with Gasteiger partial charge in [0.05, 0.1) is 11.4 Å². The summed E-state index contributed by atoms with van der Waals surface area (Å²) in [5.41, 5.74) is 0.315. The molecule has 0 heterocycles. The maximum atomic E-state index is 11.8. The van der Waals surface area contributed by atoms with Crippen LogP contribution in [0.1, 0.15) is 0 Å². The highest BCUT2D eigenvalue weighted by atomic mass is 35.5. The number of carbonyl (C=O) groups is 1. The van der Waals surface area contributed by atoms with Gasteiger partial charge < -0.3 is 15.4 Å². The summed E-state index contributed by atoms with van der Waals surface area (Å²) < 4.78 is 28.0. The Bertz CT molecular complexity index is 827. The molecule has 0 saturated carbocycles. The van der Waals surface area contributed by atoms with Gasteiger partial charge in [0.2, 0.25) is 10.0 Å². The average molecular weight is 370 g/mol. The van der Waals surface area contributed by atoms with E-state index in [4.69, 9.17) is 21.5 Å². The first-order valence-electron chi connectivity index (χ1n) is 6.91. The molecule has 0 aromatic heterocycles. The van der Waals surface area contributed by atoms with Gasteiger partial charge in [-0.15, -0.1) is 0 Å². The molecule has 0 aliphatic rings. The molecule has 2 aromatic rings. The Morgan fingerprint density at radius 3 is 2.62 bits per heavy atom. The molecule has 2 amide bonds. The number of carbonyl (C=O) groups excluding carboxylic acids is 1. The molecule has 0 fully saturated rings. The number of hydrogen-bond donors (Lipinski definition) is 3. The van der Waals surface area contributed by atoms with Crippen molar-refractivity contribution in [3.63, 3.8) is 0 Å². The lowest BCUT2D eigenvalue weighted by Crippen LogP contribution is -2.32. The highest BCUT2D eigenvalue weighted by Crippen LogP contribution is 2.17. The molecule has 7 nitrogen and oxygen atoms in total. The van der Waals surface area contributed by atoms with Crippen LogP contribution in [0, 0.1) is 0 Å². The second kappa shape index (κ2) is 8.00. The molecule has 2 aromatic carbocycles. The van der Waals surface area contributed by atoms with Gasteiger partial charge in [0.1, 0.15) is 12.4 Å². The average Bonchev–Trinajstić information content (AvgIpc) is 2.51. The highest BCUT2D eigenvalue weighted by Gasteiger charge is 2.09. The van der Waals surface area contributed by atoms with Crippen molar-refractivity contribution in [2.24, 2.45) is 5.14 Å². The van der Waals surface area contributed by atoms with Crippen molar-refractivity contribution in [3.8, 4) is 5.75 Å². The van der Waals surface area contributed by atoms with E-state index in [0.717, 1.165) is 0 Å². The molecule has 24 heavy (non-hydrogen) atoms. The van der Waals surface area contributed by atoms with Crippen molar-refractivity contribution in [3.05, 3.63) is 53.6 Å². The second-order valence-electron chi connectivity index (χ2n) is 4.76. The number of urea groups is 1. The Labute approximate surface area is 144 Å². The van der Waals surface area contributed by atoms with E-state index in [1.807, 2.05) is 0 Å². The number of nitrogens with two attached hydrogens (primary N) is 1. The van der Waals surface area contributed by atoms with Crippen LogP contribution in [0.4, 0.5) is 10.5 Å². The molecule has 0 saturated heterocycles. The number of halogens is 1. The van der Waals surface area contributed by atoms with Crippen LogP contribution in [0.15, 0.2) is 53.4 Å². The summed E-state index contributed by atoms with van der Waals surface area (Å²) in [5, 5.41) is 10.7. The van der Waals surface area contributed by atoms with Gasteiger partial charge in [-0.3, -0.25) is 0 Å². The number of amides is 2. The van der Waals surface area contributed by atoms with Crippen LogP contribution >= 0.6 is 11.6 Å². The molecule has 9 heteroatoms. The van der Waals surface area contributed by atoms with Crippen LogP contribution in [0.2, 0.25) is 5.02 Å². The van der Waals surface area contributed by atoms with Crippen molar-refractivity contribution < 1.29 is 17.9 Å². The van der Waals surface area contributed by atoms with E-state index in [0.29, 0.717) is 16.5 Å². The van der Waals surface area contributed by atoms with E-state index < -0.39 is 16.1 Å². The van der Waals surface area contributed by atoms with Crippen LogP contribution in [0.5, 0.6) is 5.75 Å². The predicted octanol–water partition coefficient (Wildman–Crippen LogP) is 2.19. The molecule has 0 unspecified atom stereocenters. The molecular formula is C15H16ClN3O4S. The fourth-order valence-corrected chi connectivity index (χ4v) is 2.56. The number of nitrogens with one attached hydrogen (secondary N) is 2. The standard InChI is InChI=1S/C15H16ClN3O4S/c16-11-3-1-5-13(9-11)23-8-7-18-15(20)19-12-4-2-6-14(10-12)24(17,21)22/h1-6,9-10H,7-8H2,(H2,17,21,22)(H2,18,19,20). The van der Waals surface area contributed by atoms with E-state index in [2.05, 4.69) is 10.6 Å². The molecule has 4 N–H and O–H groups in total. The maximum absolute atomic E-state index is 11.8. The van der Waals surface area contributed by atoms with Crippen molar-refractivity contribution in [2.75, 3.05) is 18.5 Å².